The molecule has 0 unspecified atom stereocenters. The molecule has 0 radical (unpaired) electrons. The summed E-state index contributed by atoms with van der Waals surface area (Å²) in [7, 11) is 0. The van der Waals surface area contributed by atoms with Gasteiger partial charge in [0.1, 0.15) is 0 Å². The number of carbonyl (C=O) groups excluding carboxylic acids is 1. The zero-order valence-corrected chi connectivity index (χ0v) is 9.55. The second-order valence-electron chi connectivity index (χ2n) is 5.13. The lowest BCUT2D eigenvalue weighted by Crippen LogP contribution is -2.07. The first-order chi connectivity index (χ1) is 5.81. The molecule has 0 aromatic carbocycles. The van der Waals surface area contributed by atoms with Crippen molar-refractivity contribution in [2.75, 3.05) is 0 Å². The van der Waals surface area contributed by atoms with Crippen molar-refractivity contribution in [3.05, 3.63) is 12.2 Å². The first-order valence-corrected chi connectivity index (χ1v) is 5.02. The Morgan fingerprint density at radius 3 is 2.23 bits per heavy atom. The molecule has 0 saturated carbocycles. The summed E-state index contributed by atoms with van der Waals surface area (Å²) in [5, 5.41) is 0. The SMILES string of the molecule is CC(C)/C=C/C(=O)CCC(C)(C)C. The van der Waals surface area contributed by atoms with Crippen LogP contribution in [-0.4, -0.2) is 5.78 Å². The monoisotopic (exact) mass is 182 g/mol. The number of hydrogen-bond donors (Lipinski definition) is 0. The molecule has 0 amide bonds. The normalized spacial score (nSPS) is 12.8. The molecule has 0 aliphatic heterocycles. The average Bonchev–Trinajstić information content (AvgIpc) is 1.95. The molecule has 0 spiro atoms. The van der Waals surface area contributed by atoms with Gasteiger partial charge in [0.25, 0.3) is 0 Å². The topological polar surface area (TPSA) is 17.1 Å². The Kier molecular flexibility index (Phi) is 4.97. The molecule has 0 heterocycles. The fourth-order valence-electron chi connectivity index (χ4n) is 0.881. The van der Waals surface area contributed by atoms with Crippen molar-refractivity contribution in [2.45, 2.75) is 47.5 Å². The average molecular weight is 182 g/mol. The highest BCUT2D eigenvalue weighted by Crippen LogP contribution is 2.20. The first kappa shape index (κ1) is 12.4. The zero-order valence-electron chi connectivity index (χ0n) is 9.55. The summed E-state index contributed by atoms with van der Waals surface area (Å²) in [5.41, 5.74) is 0.265. The van der Waals surface area contributed by atoms with Gasteiger partial charge in [-0.25, -0.2) is 0 Å². The summed E-state index contributed by atoms with van der Waals surface area (Å²) < 4.78 is 0. The summed E-state index contributed by atoms with van der Waals surface area (Å²) in [6, 6.07) is 0. The van der Waals surface area contributed by atoms with E-state index in [0.717, 1.165) is 6.42 Å². The molecule has 0 aliphatic carbocycles. The van der Waals surface area contributed by atoms with Gasteiger partial charge in [-0.1, -0.05) is 40.7 Å². The summed E-state index contributed by atoms with van der Waals surface area (Å²) in [6.45, 7) is 10.6. The minimum Gasteiger partial charge on any atom is -0.295 e. The highest BCUT2D eigenvalue weighted by Gasteiger charge is 2.11. The third-order valence-electron chi connectivity index (χ3n) is 1.79. The van der Waals surface area contributed by atoms with E-state index in [4.69, 9.17) is 0 Å². The van der Waals surface area contributed by atoms with Gasteiger partial charge in [0.15, 0.2) is 5.78 Å². The largest absolute Gasteiger partial charge is 0.295 e. The van der Waals surface area contributed by atoms with Gasteiger partial charge in [-0.2, -0.15) is 0 Å². The highest BCUT2D eigenvalue weighted by atomic mass is 16.1. The van der Waals surface area contributed by atoms with Gasteiger partial charge in [0.2, 0.25) is 0 Å². The Balaban J connectivity index is 3.77. The van der Waals surface area contributed by atoms with Crippen LogP contribution in [0.5, 0.6) is 0 Å². The predicted octanol–water partition coefficient (Wildman–Crippen LogP) is 3.59. The standard InChI is InChI=1S/C12H22O/c1-10(2)6-7-11(13)8-9-12(3,4)5/h6-7,10H,8-9H2,1-5H3/b7-6+. The van der Waals surface area contributed by atoms with Crippen molar-refractivity contribution in [1.82, 2.24) is 0 Å². The third-order valence-corrected chi connectivity index (χ3v) is 1.79. The number of rotatable bonds is 4. The van der Waals surface area contributed by atoms with Crippen molar-refractivity contribution < 1.29 is 4.79 Å². The molecule has 0 atom stereocenters. The molecule has 0 aliphatic rings. The van der Waals surface area contributed by atoms with Crippen LogP contribution < -0.4 is 0 Å². The lowest BCUT2D eigenvalue weighted by atomic mass is 9.89. The smallest absolute Gasteiger partial charge is 0.155 e. The molecule has 0 N–H and O–H groups in total. The lowest BCUT2D eigenvalue weighted by Gasteiger charge is -2.16. The van der Waals surface area contributed by atoms with Crippen LogP contribution in [0.2, 0.25) is 0 Å². The molecule has 76 valence electrons. The quantitative estimate of drug-likeness (QED) is 0.607. The molecule has 0 fully saturated rings. The molecule has 0 bridgehead atoms. The van der Waals surface area contributed by atoms with Crippen LogP contribution in [0.25, 0.3) is 0 Å². The Bertz CT molecular complexity index is 182. The van der Waals surface area contributed by atoms with Crippen molar-refractivity contribution in [3.63, 3.8) is 0 Å². The molecule has 0 aromatic rings. The maximum Gasteiger partial charge on any atom is 0.155 e. The fourth-order valence-corrected chi connectivity index (χ4v) is 0.881. The minimum atomic E-state index is 0.253. The molecule has 0 rings (SSSR count). The van der Waals surface area contributed by atoms with Crippen LogP contribution in [0.3, 0.4) is 0 Å². The minimum absolute atomic E-state index is 0.253. The Hall–Kier alpha value is -0.590. The maximum atomic E-state index is 11.3. The Morgan fingerprint density at radius 1 is 1.31 bits per heavy atom. The summed E-state index contributed by atoms with van der Waals surface area (Å²) in [4.78, 5) is 11.3. The van der Waals surface area contributed by atoms with Crippen molar-refractivity contribution in [1.29, 1.82) is 0 Å². The van der Waals surface area contributed by atoms with E-state index in [1.165, 1.54) is 0 Å². The van der Waals surface area contributed by atoms with E-state index in [-0.39, 0.29) is 11.2 Å². The molecular formula is C12H22O. The first-order valence-electron chi connectivity index (χ1n) is 5.02. The van der Waals surface area contributed by atoms with E-state index in [1.807, 2.05) is 6.08 Å². The Labute approximate surface area is 82.2 Å². The number of hydrogen-bond acceptors (Lipinski definition) is 1. The van der Waals surface area contributed by atoms with E-state index >= 15 is 0 Å². The maximum absolute atomic E-state index is 11.3. The van der Waals surface area contributed by atoms with Gasteiger partial charge in [-0.05, 0) is 23.8 Å². The second kappa shape index (κ2) is 5.21. The molecular weight excluding hydrogens is 160 g/mol. The molecule has 0 saturated heterocycles. The van der Waals surface area contributed by atoms with E-state index < -0.39 is 0 Å². The van der Waals surface area contributed by atoms with Gasteiger partial charge in [0.05, 0.1) is 0 Å². The van der Waals surface area contributed by atoms with Gasteiger partial charge < -0.3 is 0 Å². The van der Waals surface area contributed by atoms with Crippen molar-refractivity contribution >= 4 is 5.78 Å². The highest BCUT2D eigenvalue weighted by molar-refractivity contribution is 5.89. The van der Waals surface area contributed by atoms with E-state index in [0.29, 0.717) is 12.3 Å². The Morgan fingerprint density at radius 2 is 1.85 bits per heavy atom. The van der Waals surface area contributed by atoms with E-state index in [2.05, 4.69) is 34.6 Å². The van der Waals surface area contributed by atoms with Crippen LogP contribution in [0.15, 0.2) is 12.2 Å². The summed E-state index contributed by atoms with van der Waals surface area (Å²) in [5.74, 6) is 0.724. The number of allylic oxidation sites excluding steroid dienone is 2. The second-order valence-corrected chi connectivity index (χ2v) is 5.13. The molecule has 1 heteroatoms. The van der Waals surface area contributed by atoms with Crippen LogP contribution in [-0.2, 0) is 4.79 Å². The van der Waals surface area contributed by atoms with Crippen LogP contribution in [0, 0.1) is 11.3 Å². The van der Waals surface area contributed by atoms with Crippen LogP contribution >= 0.6 is 0 Å². The van der Waals surface area contributed by atoms with Gasteiger partial charge in [-0.15, -0.1) is 0 Å². The van der Waals surface area contributed by atoms with Crippen molar-refractivity contribution in [3.8, 4) is 0 Å². The summed E-state index contributed by atoms with van der Waals surface area (Å²) in [6.07, 6.45) is 5.32. The number of carbonyl (C=O) groups is 1. The van der Waals surface area contributed by atoms with Crippen LogP contribution in [0.1, 0.15) is 47.5 Å². The van der Waals surface area contributed by atoms with Crippen molar-refractivity contribution in [2.24, 2.45) is 11.3 Å². The van der Waals surface area contributed by atoms with Crippen LogP contribution in [0.4, 0.5) is 0 Å². The molecule has 13 heavy (non-hydrogen) atoms. The third kappa shape index (κ3) is 9.32. The van der Waals surface area contributed by atoms with Gasteiger partial charge >= 0.3 is 0 Å². The van der Waals surface area contributed by atoms with E-state index in [9.17, 15) is 4.79 Å². The molecule has 1 nitrogen and oxygen atoms in total. The summed E-state index contributed by atoms with van der Waals surface area (Å²) >= 11 is 0. The lowest BCUT2D eigenvalue weighted by molar-refractivity contribution is -0.115. The fraction of sp³-hybridized carbons (Fsp3) is 0.750. The zero-order chi connectivity index (χ0) is 10.5. The number of ketones is 1. The molecule has 0 aromatic heterocycles. The predicted molar refractivity (Wildman–Crippen MR) is 57.7 cm³/mol. The van der Waals surface area contributed by atoms with Gasteiger partial charge in [0, 0.05) is 6.42 Å². The van der Waals surface area contributed by atoms with E-state index in [1.54, 1.807) is 6.08 Å². The van der Waals surface area contributed by atoms with Gasteiger partial charge in [-0.3, -0.25) is 4.79 Å².